The van der Waals surface area contributed by atoms with Crippen molar-refractivity contribution in [1.29, 1.82) is 0 Å². The monoisotopic (exact) mass is 335 g/mol. The number of hydrogen-bond donors (Lipinski definition) is 0. The first-order valence-corrected chi connectivity index (χ1v) is 11.3. The van der Waals surface area contributed by atoms with E-state index in [1.165, 1.54) is 90.0 Å². The van der Waals surface area contributed by atoms with Crippen LogP contribution in [0.25, 0.3) is 0 Å². The molecule has 2 aliphatic carbocycles. The molecule has 0 N–H and O–H groups in total. The Labute approximate surface area is 153 Å². The summed E-state index contributed by atoms with van der Waals surface area (Å²) in [7, 11) is 2.38. The molecule has 2 rings (SSSR count). The third-order valence-corrected chi connectivity index (χ3v) is 7.48. The minimum absolute atomic E-state index is 0.768. The molecule has 1 heteroatoms. The van der Waals surface area contributed by atoms with E-state index in [1.54, 1.807) is 0 Å². The Morgan fingerprint density at radius 2 is 1.50 bits per heavy atom. The highest BCUT2D eigenvalue weighted by molar-refractivity contribution is 4.77. The lowest BCUT2D eigenvalue weighted by atomic mass is 9.80. The SMILES string of the molecule is CCC(CCC(C)N(C)CC1CCC(C)CC1)C1CCCCCC1. The maximum atomic E-state index is 2.68. The molecule has 2 atom stereocenters. The van der Waals surface area contributed by atoms with Gasteiger partial charge in [0, 0.05) is 12.6 Å². The van der Waals surface area contributed by atoms with E-state index in [-0.39, 0.29) is 0 Å². The summed E-state index contributed by atoms with van der Waals surface area (Å²) in [6, 6.07) is 0.768. The van der Waals surface area contributed by atoms with Crippen LogP contribution >= 0.6 is 0 Å². The molecule has 0 aromatic carbocycles. The highest BCUT2D eigenvalue weighted by Gasteiger charge is 2.24. The van der Waals surface area contributed by atoms with Gasteiger partial charge < -0.3 is 4.90 Å². The quantitative estimate of drug-likeness (QED) is 0.436. The molecule has 0 aromatic heterocycles. The highest BCUT2D eigenvalue weighted by atomic mass is 15.1. The van der Waals surface area contributed by atoms with E-state index in [4.69, 9.17) is 0 Å². The van der Waals surface area contributed by atoms with Crippen molar-refractivity contribution in [2.45, 2.75) is 110 Å². The first-order chi connectivity index (χ1) is 11.6. The van der Waals surface area contributed by atoms with Crippen molar-refractivity contribution in [2.24, 2.45) is 23.7 Å². The van der Waals surface area contributed by atoms with Crippen LogP contribution in [0, 0.1) is 23.7 Å². The summed E-state index contributed by atoms with van der Waals surface area (Å²) >= 11 is 0. The van der Waals surface area contributed by atoms with Crippen molar-refractivity contribution < 1.29 is 0 Å². The van der Waals surface area contributed by atoms with Gasteiger partial charge in [0.05, 0.1) is 0 Å². The molecule has 2 fully saturated rings. The Bertz CT molecular complexity index is 310. The van der Waals surface area contributed by atoms with Gasteiger partial charge in [-0.25, -0.2) is 0 Å². The lowest BCUT2D eigenvalue weighted by Crippen LogP contribution is -2.35. The lowest BCUT2D eigenvalue weighted by molar-refractivity contribution is 0.159. The first-order valence-electron chi connectivity index (χ1n) is 11.3. The molecule has 2 saturated carbocycles. The van der Waals surface area contributed by atoms with Gasteiger partial charge >= 0.3 is 0 Å². The van der Waals surface area contributed by atoms with Crippen LogP contribution in [0.15, 0.2) is 0 Å². The zero-order valence-electron chi connectivity index (χ0n) is 17.2. The Morgan fingerprint density at radius 1 is 0.875 bits per heavy atom. The number of nitrogens with zero attached hydrogens (tertiary/aromatic N) is 1. The van der Waals surface area contributed by atoms with Gasteiger partial charge in [-0.15, -0.1) is 0 Å². The van der Waals surface area contributed by atoms with Crippen molar-refractivity contribution in [3.63, 3.8) is 0 Å². The van der Waals surface area contributed by atoms with Gasteiger partial charge in [-0.3, -0.25) is 0 Å². The van der Waals surface area contributed by atoms with Crippen LogP contribution in [0.1, 0.15) is 104 Å². The molecule has 0 aliphatic heterocycles. The van der Waals surface area contributed by atoms with Gasteiger partial charge in [-0.05, 0) is 63.3 Å². The summed E-state index contributed by atoms with van der Waals surface area (Å²) in [6.45, 7) is 8.69. The van der Waals surface area contributed by atoms with Crippen LogP contribution in [0.3, 0.4) is 0 Å². The molecule has 1 nitrogen and oxygen atoms in total. The van der Waals surface area contributed by atoms with Gasteiger partial charge in [0.1, 0.15) is 0 Å². The second-order valence-electron chi connectivity index (χ2n) is 9.41. The van der Waals surface area contributed by atoms with Crippen LogP contribution < -0.4 is 0 Å². The summed E-state index contributed by atoms with van der Waals surface area (Å²) in [5.41, 5.74) is 0. The zero-order chi connectivity index (χ0) is 17.4. The molecular formula is C23H45N. The topological polar surface area (TPSA) is 3.24 Å². The molecule has 0 bridgehead atoms. The van der Waals surface area contributed by atoms with E-state index >= 15 is 0 Å². The van der Waals surface area contributed by atoms with Crippen LogP contribution in [-0.4, -0.2) is 24.5 Å². The van der Waals surface area contributed by atoms with Crippen molar-refractivity contribution in [2.75, 3.05) is 13.6 Å². The van der Waals surface area contributed by atoms with Crippen molar-refractivity contribution >= 4 is 0 Å². The second kappa shape index (κ2) is 10.8. The molecule has 2 aliphatic rings. The fraction of sp³-hybridized carbons (Fsp3) is 1.00. The van der Waals surface area contributed by atoms with E-state index in [9.17, 15) is 0 Å². The Kier molecular flexibility index (Phi) is 9.16. The Hall–Kier alpha value is -0.0400. The average Bonchev–Trinajstić information content (AvgIpc) is 2.86. The van der Waals surface area contributed by atoms with Gasteiger partial charge in [0.15, 0.2) is 0 Å². The lowest BCUT2D eigenvalue weighted by Gasteiger charge is -2.34. The van der Waals surface area contributed by atoms with Crippen molar-refractivity contribution in [1.82, 2.24) is 4.90 Å². The van der Waals surface area contributed by atoms with E-state index in [1.807, 2.05) is 0 Å². The molecule has 0 aromatic rings. The third-order valence-electron chi connectivity index (χ3n) is 7.48. The number of rotatable bonds is 8. The molecule has 0 radical (unpaired) electrons. The van der Waals surface area contributed by atoms with Crippen molar-refractivity contribution in [3.05, 3.63) is 0 Å². The standard InChI is InChI=1S/C23H45N/c1-5-22(23-10-8-6-7-9-11-23)17-14-20(3)24(4)18-21-15-12-19(2)13-16-21/h19-23H,5-18H2,1-4H3. The first kappa shape index (κ1) is 20.3. The molecule has 24 heavy (non-hydrogen) atoms. The smallest absolute Gasteiger partial charge is 0.00641 e. The second-order valence-corrected chi connectivity index (χ2v) is 9.41. The fourth-order valence-electron chi connectivity index (χ4n) is 5.33. The summed E-state index contributed by atoms with van der Waals surface area (Å²) in [4.78, 5) is 2.68. The zero-order valence-corrected chi connectivity index (χ0v) is 17.2. The summed E-state index contributed by atoms with van der Waals surface area (Å²) in [6.07, 6.45) is 19.2. The fourth-order valence-corrected chi connectivity index (χ4v) is 5.33. The van der Waals surface area contributed by atoms with Crippen LogP contribution in [0.2, 0.25) is 0 Å². The maximum absolute atomic E-state index is 2.68. The van der Waals surface area contributed by atoms with Gasteiger partial charge in [-0.1, -0.05) is 71.6 Å². The molecule has 0 spiro atoms. The predicted molar refractivity (Wildman–Crippen MR) is 107 cm³/mol. The maximum Gasteiger partial charge on any atom is 0.00641 e. The summed E-state index contributed by atoms with van der Waals surface area (Å²) in [5.74, 6) is 3.98. The normalized spacial score (nSPS) is 29.4. The van der Waals surface area contributed by atoms with Crippen LogP contribution in [-0.2, 0) is 0 Å². The van der Waals surface area contributed by atoms with Crippen molar-refractivity contribution in [3.8, 4) is 0 Å². The largest absolute Gasteiger partial charge is 0.303 e. The molecule has 2 unspecified atom stereocenters. The number of hydrogen-bond acceptors (Lipinski definition) is 1. The Balaban J connectivity index is 1.70. The van der Waals surface area contributed by atoms with Crippen LogP contribution in [0.5, 0.6) is 0 Å². The summed E-state index contributed by atoms with van der Waals surface area (Å²) < 4.78 is 0. The van der Waals surface area contributed by atoms with Gasteiger partial charge in [0.2, 0.25) is 0 Å². The molecule has 142 valence electrons. The highest BCUT2D eigenvalue weighted by Crippen LogP contribution is 2.34. The van der Waals surface area contributed by atoms with Gasteiger partial charge in [0.25, 0.3) is 0 Å². The predicted octanol–water partition coefficient (Wildman–Crippen LogP) is 6.91. The van der Waals surface area contributed by atoms with Gasteiger partial charge in [-0.2, -0.15) is 0 Å². The van der Waals surface area contributed by atoms with Crippen LogP contribution in [0.4, 0.5) is 0 Å². The van der Waals surface area contributed by atoms with E-state index < -0.39 is 0 Å². The minimum Gasteiger partial charge on any atom is -0.303 e. The summed E-state index contributed by atoms with van der Waals surface area (Å²) in [5, 5.41) is 0. The van der Waals surface area contributed by atoms with E-state index in [2.05, 4.69) is 32.7 Å². The molecular weight excluding hydrogens is 290 g/mol. The minimum atomic E-state index is 0.768. The molecule has 0 saturated heterocycles. The Morgan fingerprint density at radius 3 is 2.08 bits per heavy atom. The van der Waals surface area contributed by atoms with E-state index in [0.29, 0.717) is 0 Å². The molecule has 0 amide bonds. The third kappa shape index (κ3) is 6.70. The average molecular weight is 336 g/mol. The molecule has 0 heterocycles. The van der Waals surface area contributed by atoms with E-state index in [0.717, 1.165) is 29.7 Å².